The largest absolute Gasteiger partial charge is 0.368 e. The second-order valence-electron chi connectivity index (χ2n) is 6.42. The lowest BCUT2D eigenvalue weighted by molar-refractivity contribution is -0.123. The summed E-state index contributed by atoms with van der Waals surface area (Å²) >= 11 is 6.15. The van der Waals surface area contributed by atoms with Gasteiger partial charge >= 0.3 is 6.03 Å². The maximum Gasteiger partial charge on any atom is 0.320 e. The van der Waals surface area contributed by atoms with E-state index in [1.54, 1.807) is 13.0 Å². The van der Waals surface area contributed by atoms with Gasteiger partial charge in [-0.3, -0.25) is 4.79 Å². The van der Waals surface area contributed by atoms with Crippen LogP contribution in [0.3, 0.4) is 0 Å². The number of nitrogens with one attached hydrogen (secondary N) is 2. The van der Waals surface area contributed by atoms with Gasteiger partial charge in [0, 0.05) is 10.7 Å². The zero-order valence-electron chi connectivity index (χ0n) is 15.0. The maximum absolute atomic E-state index is 12.3. The number of anilines is 1. The van der Waals surface area contributed by atoms with E-state index >= 15 is 0 Å². The number of aryl methyl sites for hydroxylation is 2. The van der Waals surface area contributed by atoms with E-state index in [1.807, 2.05) is 42.5 Å². The molecule has 5 nitrogen and oxygen atoms in total. The van der Waals surface area contributed by atoms with Crippen LogP contribution in [0.2, 0.25) is 5.02 Å². The van der Waals surface area contributed by atoms with Crippen molar-refractivity contribution in [3.05, 3.63) is 64.7 Å². The molecule has 6 heteroatoms. The maximum atomic E-state index is 12.3. The second kappa shape index (κ2) is 8.72. The van der Waals surface area contributed by atoms with E-state index in [-0.39, 0.29) is 0 Å². The molecule has 0 aliphatic rings. The smallest absolute Gasteiger partial charge is 0.320 e. The van der Waals surface area contributed by atoms with E-state index in [9.17, 15) is 9.59 Å². The van der Waals surface area contributed by atoms with Crippen LogP contribution in [-0.2, 0) is 17.6 Å². The molecule has 1 atom stereocenters. The summed E-state index contributed by atoms with van der Waals surface area (Å²) in [6.45, 7) is 3.68. The quantitative estimate of drug-likeness (QED) is 0.687. The van der Waals surface area contributed by atoms with Crippen molar-refractivity contribution in [2.75, 3.05) is 5.32 Å². The van der Waals surface area contributed by atoms with Crippen molar-refractivity contribution in [2.24, 2.45) is 5.73 Å². The Labute approximate surface area is 158 Å². The first-order valence-corrected chi connectivity index (χ1v) is 8.93. The minimum absolute atomic E-state index is 0.342. The van der Waals surface area contributed by atoms with Crippen molar-refractivity contribution in [2.45, 2.75) is 38.6 Å². The SMILES string of the molecule is CCc1ccc(NC(=O)NC(C)(CCc2ccccc2Cl)C(N)=O)cc1. The predicted molar refractivity (Wildman–Crippen MR) is 105 cm³/mol. The first kappa shape index (κ1) is 19.8. The number of halogens is 1. The monoisotopic (exact) mass is 373 g/mol. The van der Waals surface area contributed by atoms with E-state index in [0.29, 0.717) is 23.6 Å². The summed E-state index contributed by atoms with van der Waals surface area (Å²) in [7, 11) is 0. The molecule has 0 aromatic heterocycles. The van der Waals surface area contributed by atoms with Gasteiger partial charge in [0.2, 0.25) is 5.91 Å². The number of urea groups is 1. The lowest BCUT2D eigenvalue weighted by atomic mass is 9.92. The summed E-state index contributed by atoms with van der Waals surface area (Å²) in [4.78, 5) is 24.3. The molecule has 0 saturated carbocycles. The second-order valence-corrected chi connectivity index (χ2v) is 6.82. The van der Waals surface area contributed by atoms with Gasteiger partial charge in [0.15, 0.2) is 0 Å². The van der Waals surface area contributed by atoms with E-state index < -0.39 is 17.5 Å². The summed E-state index contributed by atoms with van der Waals surface area (Å²) < 4.78 is 0. The summed E-state index contributed by atoms with van der Waals surface area (Å²) in [5, 5.41) is 6.05. The summed E-state index contributed by atoms with van der Waals surface area (Å²) in [5.41, 5.74) is 7.08. The highest BCUT2D eigenvalue weighted by molar-refractivity contribution is 6.31. The molecule has 3 amide bonds. The van der Waals surface area contributed by atoms with Crippen molar-refractivity contribution in [3.8, 4) is 0 Å². The van der Waals surface area contributed by atoms with Crippen molar-refractivity contribution in [1.29, 1.82) is 0 Å². The van der Waals surface area contributed by atoms with E-state index in [0.717, 1.165) is 12.0 Å². The minimum Gasteiger partial charge on any atom is -0.368 e. The third-order valence-corrected chi connectivity index (χ3v) is 4.77. The summed E-state index contributed by atoms with van der Waals surface area (Å²) in [5.74, 6) is -0.596. The highest BCUT2D eigenvalue weighted by atomic mass is 35.5. The molecule has 0 heterocycles. The Hall–Kier alpha value is -2.53. The first-order valence-electron chi connectivity index (χ1n) is 8.55. The molecule has 2 aromatic carbocycles. The number of carbonyl (C=O) groups is 2. The van der Waals surface area contributed by atoms with Crippen LogP contribution in [0.5, 0.6) is 0 Å². The normalized spacial score (nSPS) is 12.9. The number of nitrogens with two attached hydrogens (primary N) is 1. The number of hydrogen-bond acceptors (Lipinski definition) is 2. The average molecular weight is 374 g/mol. The lowest BCUT2D eigenvalue weighted by Gasteiger charge is -2.27. The van der Waals surface area contributed by atoms with Crippen LogP contribution < -0.4 is 16.4 Å². The van der Waals surface area contributed by atoms with Gasteiger partial charge in [-0.2, -0.15) is 0 Å². The van der Waals surface area contributed by atoms with Crippen LogP contribution in [0.4, 0.5) is 10.5 Å². The van der Waals surface area contributed by atoms with Crippen LogP contribution in [0.25, 0.3) is 0 Å². The zero-order chi connectivity index (χ0) is 19.2. The molecule has 2 aromatic rings. The summed E-state index contributed by atoms with van der Waals surface area (Å²) in [6.07, 6.45) is 1.78. The van der Waals surface area contributed by atoms with Crippen LogP contribution in [0, 0.1) is 0 Å². The molecular formula is C20H24ClN3O2. The molecule has 4 N–H and O–H groups in total. The molecule has 0 spiro atoms. The molecule has 0 bridgehead atoms. The fourth-order valence-electron chi connectivity index (χ4n) is 2.57. The zero-order valence-corrected chi connectivity index (χ0v) is 15.8. The molecule has 2 rings (SSSR count). The molecule has 0 radical (unpaired) electrons. The highest BCUT2D eigenvalue weighted by Gasteiger charge is 2.32. The standard InChI is InChI=1S/C20H24ClN3O2/c1-3-14-8-10-16(11-9-14)23-19(26)24-20(2,18(22)25)13-12-15-6-4-5-7-17(15)21/h4-11H,3,12-13H2,1-2H3,(H2,22,25)(H2,23,24,26). The molecule has 0 aliphatic heterocycles. The number of hydrogen-bond donors (Lipinski definition) is 3. The van der Waals surface area contributed by atoms with Crippen molar-refractivity contribution in [1.82, 2.24) is 5.32 Å². The van der Waals surface area contributed by atoms with E-state index in [2.05, 4.69) is 17.6 Å². The van der Waals surface area contributed by atoms with Crippen molar-refractivity contribution >= 4 is 29.2 Å². The number of carbonyl (C=O) groups excluding carboxylic acids is 2. The Morgan fingerprint density at radius 1 is 1.12 bits per heavy atom. The van der Waals surface area contributed by atoms with Crippen LogP contribution >= 0.6 is 11.6 Å². The Morgan fingerprint density at radius 3 is 2.35 bits per heavy atom. The van der Waals surface area contributed by atoms with Crippen molar-refractivity contribution in [3.63, 3.8) is 0 Å². The topological polar surface area (TPSA) is 84.2 Å². The van der Waals surface area contributed by atoms with Crippen molar-refractivity contribution < 1.29 is 9.59 Å². The average Bonchev–Trinajstić information content (AvgIpc) is 2.61. The Balaban J connectivity index is 2.02. The molecular weight excluding hydrogens is 350 g/mol. The predicted octanol–water partition coefficient (Wildman–Crippen LogP) is 3.90. The van der Waals surface area contributed by atoms with Crippen LogP contribution in [0.1, 0.15) is 31.4 Å². The van der Waals surface area contributed by atoms with Gasteiger partial charge in [0.05, 0.1) is 0 Å². The Morgan fingerprint density at radius 2 is 1.77 bits per heavy atom. The Bertz CT molecular complexity index is 777. The first-order chi connectivity index (χ1) is 12.3. The molecule has 1 unspecified atom stereocenters. The molecule has 26 heavy (non-hydrogen) atoms. The number of amides is 3. The number of benzene rings is 2. The fraction of sp³-hybridized carbons (Fsp3) is 0.300. The van der Waals surface area contributed by atoms with Gasteiger partial charge in [-0.05, 0) is 55.5 Å². The molecule has 0 saturated heterocycles. The molecule has 0 aliphatic carbocycles. The highest BCUT2D eigenvalue weighted by Crippen LogP contribution is 2.21. The van der Waals surface area contributed by atoms with Gasteiger partial charge in [-0.25, -0.2) is 4.79 Å². The third-order valence-electron chi connectivity index (χ3n) is 4.41. The van der Waals surface area contributed by atoms with Gasteiger partial charge in [0.1, 0.15) is 5.54 Å². The lowest BCUT2D eigenvalue weighted by Crippen LogP contribution is -2.56. The van der Waals surface area contributed by atoms with Gasteiger partial charge in [-0.1, -0.05) is 48.9 Å². The van der Waals surface area contributed by atoms with Gasteiger partial charge in [-0.15, -0.1) is 0 Å². The van der Waals surface area contributed by atoms with Gasteiger partial charge < -0.3 is 16.4 Å². The fourth-order valence-corrected chi connectivity index (χ4v) is 2.80. The number of rotatable bonds is 7. The third kappa shape index (κ3) is 5.23. The van der Waals surface area contributed by atoms with Gasteiger partial charge in [0.25, 0.3) is 0 Å². The number of primary amides is 1. The molecule has 138 valence electrons. The molecule has 0 fully saturated rings. The van der Waals surface area contributed by atoms with E-state index in [1.165, 1.54) is 5.56 Å². The van der Waals surface area contributed by atoms with E-state index in [4.69, 9.17) is 17.3 Å². The van der Waals surface area contributed by atoms with Crippen LogP contribution in [-0.4, -0.2) is 17.5 Å². The van der Waals surface area contributed by atoms with Crippen LogP contribution in [0.15, 0.2) is 48.5 Å². The summed E-state index contributed by atoms with van der Waals surface area (Å²) in [6, 6.07) is 14.5. The Kier molecular flexibility index (Phi) is 6.64. The minimum atomic E-state index is -1.19.